The summed E-state index contributed by atoms with van der Waals surface area (Å²) in [7, 11) is 0. The number of carbonyl (C=O) groups is 1. The number of fused-ring (bicyclic) bond motifs is 1. The van der Waals surface area contributed by atoms with Crippen molar-refractivity contribution in [3.63, 3.8) is 0 Å². The molecule has 0 amide bonds. The third-order valence-corrected chi connectivity index (χ3v) is 2.91. The summed E-state index contributed by atoms with van der Waals surface area (Å²) in [5.74, 6) is -0.606. The van der Waals surface area contributed by atoms with E-state index in [2.05, 4.69) is 15.0 Å². The maximum atomic E-state index is 10.6. The molecule has 0 radical (unpaired) electrons. The van der Waals surface area contributed by atoms with Gasteiger partial charge in [0.25, 0.3) is 0 Å². The molecule has 0 bridgehead atoms. The molecular weight excluding hydrogens is 248 g/mol. The minimum absolute atomic E-state index is 0.358. The molecule has 0 aliphatic carbocycles. The van der Waals surface area contributed by atoms with E-state index in [0.717, 1.165) is 12.8 Å². The number of hydrogen-bond acceptors (Lipinski definition) is 6. The molecule has 8 heteroatoms. The van der Waals surface area contributed by atoms with Crippen molar-refractivity contribution in [2.24, 2.45) is 5.73 Å². The molecule has 0 aromatic carbocycles. The molecule has 19 heavy (non-hydrogen) atoms. The summed E-state index contributed by atoms with van der Waals surface area (Å²) < 4.78 is 1.87. The Hall–Kier alpha value is -2.22. The van der Waals surface area contributed by atoms with Crippen LogP contribution >= 0.6 is 0 Å². The maximum Gasteiger partial charge on any atom is 0.320 e. The molecule has 0 aliphatic heterocycles. The first-order valence-electron chi connectivity index (χ1n) is 5.99. The van der Waals surface area contributed by atoms with E-state index in [9.17, 15) is 4.79 Å². The Balaban J connectivity index is 1.92. The van der Waals surface area contributed by atoms with Crippen molar-refractivity contribution in [3.8, 4) is 0 Å². The summed E-state index contributed by atoms with van der Waals surface area (Å²) >= 11 is 0. The SMILES string of the molecule is Nc1ncnc2c1ncn2CCCC[C@H](N)C(=O)O. The Labute approximate surface area is 109 Å². The highest BCUT2D eigenvalue weighted by Gasteiger charge is 2.11. The van der Waals surface area contributed by atoms with E-state index >= 15 is 0 Å². The second kappa shape index (κ2) is 5.61. The number of aliphatic carboxylic acids is 1. The van der Waals surface area contributed by atoms with Crippen LogP contribution in [0.2, 0.25) is 0 Å². The van der Waals surface area contributed by atoms with Crippen LogP contribution in [-0.4, -0.2) is 36.6 Å². The standard InChI is InChI=1S/C11H16N6O2/c12-7(11(18)19)3-1-2-4-17-6-16-8-9(13)14-5-15-10(8)17/h5-7H,1-4,12H2,(H,18,19)(H2,13,14,15)/t7-/m0/s1. The highest BCUT2D eigenvalue weighted by molar-refractivity contribution is 5.81. The molecule has 1 atom stereocenters. The van der Waals surface area contributed by atoms with E-state index in [4.69, 9.17) is 16.6 Å². The molecule has 2 aromatic heterocycles. The van der Waals surface area contributed by atoms with Crippen LogP contribution in [0.1, 0.15) is 19.3 Å². The zero-order chi connectivity index (χ0) is 13.8. The van der Waals surface area contributed by atoms with Gasteiger partial charge in [-0.15, -0.1) is 0 Å². The number of unbranched alkanes of at least 4 members (excludes halogenated alkanes) is 1. The van der Waals surface area contributed by atoms with Crippen LogP contribution in [0.4, 0.5) is 5.82 Å². The van der Waals surface area contributed by atoms with Gasteiger partial charge in [-0.2, -0.15) is 0 Å². The van der Waals surface area contributed by atoms with Crippen molar-refractivity contribution >= 4 is 23.0 Å². The van der Waals surface area contributed by atoms with Crippen LogP contribution in [-0.2, 0) is 11.3 Å². The number of nitrogens with zero attached hydrogens (tertiary/aromatic N) is 4. The number of carboxylic acid groups (broad SMARTS) is 1. The Morgan fingerprint density at radius 1 is 1.37 bits per heavy atom. The van der Waals surface area contributed by atoms with E-state index in [1.165, 1.54) is 6.33 Å². The second-order valence-electron chi connectivity index (χ2n) is 4.31. The van der Waals surface area contributed by atoms with Gasteiger partial charge in [0.1, 0.15) is 17.9 Å². The molecular formula is C11H16N6O2. The number of nitrogens with two attached hydrogens (primary N) is 2. The van der Waals surface area contributed by atoms with Crippen LogP contribution in [0.5, 0.6) is 0 Å². The fraction of sp³-hybridized carbons (Fsp3) is 0.455. The van der Waals surface area contributed by atoms with Crippen molar-refractivity contribution in [1.82, 2.24) is 19.5 Å². The molecule has 0 fully saturated rings. The number of aromatic nitrogens is 4. The van der Waals surface area contributed by atoms with Gasteiger partial charge < -0.3 is 21.1 Å². The maximum absolute atomic E-state index is 10.6. The number of aryl methyl sites for hydroxylation is 1. The Kier molecular flexibility index (Phi) is 3.91. The fourth-order valence-corrected chi connectivity index (χ4v) is 1.83. The van der Waals surface area contributed by atoms with Crippen LogP contribution in [0.25, 0.3) is 11.2 Å². The molecule has 0 saturated carbocycles. The van der Waals surface area contributed by atoms with Gasteiger partial charge in [0.2, 0.25) is 0 Å². The monoisotopic (exact) mass is 264 g/mol. The van der Waals surface area contributed by atoms with Gasteiger partial charge in [-0.25, -0.2) is 15.0 Å². The largest absolute Gasteiger partial charge is 0.480 e. The van der Waals surface area contributed by atoms with Gasteiger partial charge in [-0.3, -0.25) is 4.79 Å². The quantitative estimate of drug-likeness (QED) is 0.625. The molecule has 5 N–H and O–H groups in total. The Morgan fingerprint density at radius 2 is 2.16 bits per heavy atom. The van der Waals surface area contributed by atoms with Crippen LogP contribution < -0.4 is 11.5 Å². The summed E-state index contributed by atoms with van der Waals surface area (Å²) in [6.45, 7) is 0.694. The summed E-state index contributed by atoms with van der Waals surface area (Å²) in [6, 6.07) is -0.794. The van der Waals surface area contributed by atoms with Crippen LogP contribution in [0.3, 0.4) is 0 Å². The lowest BCUT2D eigenvalue weighted by Gasteiger charge is -2.06. The van der Waals surface area contributed by atoms with E-state index in [1.807, 2.05) is 4.57 Å². The molecule has 8 nitrogen and oxygen atoms in total. The Morgan fingerprint density at radius 3 is 2.89 bits per heavy atom. The van der Waals surface area contributed by atoms with E-state index in [-0.39, 0.29) is 0 Å². The van der Waals surface area contributed by atoms with Gasteiger partial charge >= 0.3 is 5.97 Å². The van der Waals surface area contributed by atoms with Gasteiger partial charge in [0, 0.05) is 6.54 Å². The van der Waals surface area contributed by atoms with E-state index in [1.54, 1.807) is 6.33 Å². The number of anilines is 1. The van der Waals surface area contributed by atoms with Crippen molar-refractivity contribution in [2.45, 2.75) is 31.8 Å². The zero-order valence-corrected chi connectivity index (χ0v) is 10.4. The second-order valence-corrected chi connectivity index (χ2v) is 4.31. The molecule has 2 heterocycles. The Bertz CT molecular complexity index is 582. The lowest BCUT2D eigenvalue weighted by Crippen LogP contribution is -2.29. The number of hydrogen-bond donors (Lipinski definition) is 3. The summed E-state index contributed by atoms with van der Waals surface area (Å²) in [4.78, 5) is 22.7. The van der Waals surface area contributed by atoms with E-state index in [0.29, 0.717) is 29.9 Å². The summed E-state index contributed by atoms with van der Waals surface area (Å²) in [5, 5.41) is 8.67. The third kappa shape index (κ3) is 2.97. The van der Waals surface area contributed by atoms with Gasteiger partial charge in [-0.1, -0.05) is 0 Å². The number of rotatable bonds is 6. The normalized spacial score (nSPS) is 12.7. The van der Waals surface area contributed by atoms with Crippen LogP contribution in [0.15, 0.2) is 12.7 Å². The van der Waals surface area contributed by atoms with Crippen LogP contribution in [0, 0.1) is 0 Å². The predicted molar refractivity (Wildman–Crippen MR) is 69.2 cm³/mol. The van der Waals surface area contributed by atoms with Crippen molar-refractivity contribution in [3.05, 3.63) is 12.7 Å². The highest BCUT2D eigenvalue weighted by atomic mass is 16.4. The van der Waals surface area contributed by atoms with Gasteiger partial charge in [0.05, 0.1) is 6.33 Å². The molecule has 0 unspecified atom stereocenters. The zero-order valence-electron chi connectivity index (χ0n) is 10.4. The average Bonchev–Trinajstić information content (AvgIpc) is 2.79. The lowest BCUT2D eigenvalue weighted by molar-refractivity contribution is -0.138. The average molecular weight is 264 g/mol. The van der Waals surface area contributed by atoms with E-state index < -0.39 is 12.0 Å². The number of nitrogen functional groups attached to an aromatic ring is 1. The fourth-order valence-electron chi connectivity index (χ4n) is 1.83. The summed E-state index contributed by atoms with van der Waals surface area (Å²) in [6.07, 6.45) is 5.05. The summed E-state index contributed by atoms with van der Waals surface area (Å²) in [5.41, 5.74) is 12.4. The first-order valence-corrected chi connectivity index (χ1v) is 5.99. The molecule has 2 aromatic rings. The smallest absolute Gasteiger partial charge is 0.320 e. The van der Waals surface area contributed by atoms with Gasteiger partial charge in [-0.05, 0) is 19.3 Å². The lowest BCUT2D eigenvalue weighted by atomic mass is 10.1. The molecule has 0 spiro atoms. The molecule has 0 saturated heterocycles. The van der Waals surface area contributed by atoms with Gasteiger partial charge in [0.15, 0.2) is 11.5 Å². The predicted octanol–water partition coefficient (Wildman–Crippen LogP) is -0.00930. The third-order valence-electron chi connectivity index (χ3n) is 2.91. The first kappa shape index (κ1) is 13.2. The number of carboxylic acids is 1. The van der Waals surface area contributed by atoms with Crippen molar-refractivity contribution in [1.29, 1.82) is 0 Å². The molecule has 102 valence electrons. The minimum Gasteiger partial charge on any atom is -0.480 e. The topological polar surface area (TPSA) is 133 Å². The number of imidazole rings is 1. The first-order chi connectivity index (χ1) is 9.09. The van der Waals surface area contributed by atoms with Crippen molar-refractivity contribution < 1.29 is 9.90 Å². The minimum atomic E-state index is -0.964. The van der Waals surface area contributed by atoms with Crippen molar-refractivity contribution in [2.75, 3.05) is 5.73 Å². The highest BCUT2D eigenvalue weighted by Crippen LogP contribution is 2.15. The molecule has 0 aliphatic rings. The molecule has 2 rings (SSSR count).